The van der Waals surface area contributed by atoms with E-state index in [-0.39, 0.29) is 11.8 Å². The van der Waals surface area contributed by atoms with Gasteiger partial charge in [0, 0.05) is 44.1 Å². The third kappa shape index (κ3) is 8.02. The Hall–Kier alpha value is -4.82. The number of carbonyl (C=O) groups excluding carboxylic acids is 2. The summed E-state index contributed by atoms with van der Waals surface area (Å²) in [7, 11) is 5.74. The number of methoxy groups -OCH3 is 1. The van der Waals surface area contributed by atoms with E-state index in [1.807, 2.05) is 111 Å². The number of nitrogens with one attached hydrogen (secondary N) is 2. The second-order valence-corrected chi connectivity index (χ2v) is 11.5. The van der Waals surface area contributed by atoms with Gasteiger partial charge in [0.05, 0.1) is 24.3 Å². The van der Waals surface area contributed by atoms with Crippen LogP contribution in [0.2, 0.25) is 0 Å². The van der Waals surface area contributed by atoms with Crippen LogP contribution in [0.3, 0.4) is 0 Å². The molecule has 0 aromatic heterocycles. The number of anilines is 3. The highest BCUT2D eigenvalue weighted by atomic mass is 16.5. The predicted molar refractivity (Wildman–Crippen MR) is 183 cm³/mol. The molecule has 1 heterocycles. The zero-order chi connectivity index (χ0) is 31.6. The second kappa shape index (κ2) is 15.3. The minimum atomic E-state index is -0.488. The molecule has 2 amide bonds. The summed E-state index contributed by atoms with van der Waals surface area (Å²) in [6.07, 6.45) is 0.845. The van der Waals surface area contributed by atoms with Crippen LogP contribution in [0.1, 0.15) is 33.8 Å². The van der Waals surface area contributed by atoms with Crippen LogP contribution in [0.25, 0.3) is 0 Å². The van der Waals surface area contributed by atoms with Crippen LogP contribution in [-0.4, -0.2) is 77.2 Å². The molecule has 8 nitrogen and oxygen atoms in total. The molecule has 2 N–H and O–H groups in total. The molecule has 5 rings (SSSR count). The molecule has 1 fully saturated rings. The number of piperazine rings is 1. The first-order chi connectivity index (χ1) is 21.9. The van der Waals surface area contributed by atoms with Gasteiger partial charge in [-0.2, -0.15) is 0 Å². The SMILES string of the molecule is COc1ccccc1N1CCN(c2ccc(NC(=O)C(c3ccccc3)c3ccccc3)cc2C(=O)NCCCN(C)C)CC1. The van der Waals surface area contributed by atoms with Gasteiger partial charge in [0.25, 0.3) is 5.91 Å². The zero-order valence-corrected chi connectivity index (χ0v) is 26.4. The first-order valence-electron chi connectivity index (χ1n) is 15.5. The number of carbonyl (C=O) groups is 2. The standard InChI is InChI=1S/C37H43N5O3/c1-40(2)22-12-21-38-36(43)31-27-30(39-37(44)35(28-13-6-4-7-14-28)29-15-8-5-9-16-29)19-20-32(31)41-23-25-42(26-24-41)33-17-10-11-18-34(33)45-3/h4-11,13-20,27,35H,12,21-26H2,1-3H3,(H,38,43)(H,39,44). The van der Waals surface area contributed by atoms with Crippen molar-refractivity contribution in [1.82, 2.24) is 10.2 Å². The highest BCUT2D eigenvalue weighted by Crippen LogP contribution is 2.32. The summed E-state index contributed by atoms with van der Waals surface area (Å²) >= 11 is 0. The molecule has 0 saturated carbocycles. The summed E-state index contributed by atoms with van der Waals surface area (Å²) in [6.45, 7) is 4.52. The molecule has 1 aliphatic rings. The van der Waals surface area contributed by atoms with Crippen molar-refractivity contribution >= 4 is 28.9 Å². The van der Waals surface area contributed by atoms with E-state index in [1.54, 1.807) is 7.11 Å². The highest BCUT2D eigenvalue weighted by molar-refractivity contribution is 6.03. The van der Waals surface area contributed by atoms with Gasteiger partial charge in [0.15, 0.2) is 0 Å². The number of para-hydroxylation sites is 2. The van der Waals surface area contributed by atoms with Gasteiger partial charge in [0.2, 0.25) is 5.91 Å². The normalized spacial score (nSPS) is 13.2. The summed E-state index contributed by atoms with van der Waals surface area (Å²) in [6, 6.07) is 33.3. The molecule has 0 bridgehead atoms. The number of rotatable bonds is 12. The monoisotopic (exact) mass is 605 g/mol. The molecule has 4 aromatic carbocycles. The van der Waals surface area contributed by atoms with Crippen molar-refractivity contribution in [1.29, 1.82) is 0 Å². The predicted octanol–water partition coefficient (Wildman–Crippen LogP) is 5.47. The fourth-order valence-electron chi connectivity index (χ4n) is 5.84. The van der Waals surface area contributed by atoms with Gasteiger partial charge in [-0.25, -0.2) is 0 Å². The number of ether oxygens (including phenoxy) is 1. The lowest BCUT2D eigenvalue weighted by Crippen LogP contribution is -2.47. The first kappa shape index (κ1) is 31.6. The molecule has 0 atom stereocenters. The van der Waals surface area contributed by atoms with Crippen LogP contribution in [-0.2, 0) is 4.79 Å². The number of amides is 2. The molecular weight excluding hydrogens is 562 g/mol. The lowest BCUT2D eigenvalue weighted by molar-refractivity contribution is -0.116. The molecule has 8 heteroatoms. The van der Waals surface area contributed by atoms with E-state index in [4.69, 9.17) is 4.74 Å². The van der Waals surface area contributed by atoms with Gasteiger partial charge in [0.1, 0.15) is 5.75 Å². The van der Waals surface area contributed by atoms with Crippen LogP contribution < -0.4 is 25.2 Å². The molecule has 0 aliphatic carbocycles. The van der Waals surface area contributed by atoms with E-state index in [9.17, 15) is 9.59 Å². The molecule has 0 unspecified atom stereocenters. The topological polar surface area (TPSA) is 77.1 Å². The summed E-state index contributed by atoms with van der Waals surface area (Å²) in [5.74, 6) is 0.0733. The van der Waals surface area contributed by atoms with Crippen molar-refractivity contribution in [3.8, 4) is 5.75 Å². The lowest BCUT2D eigenvalue weighted by Gasteiger charge is -2.38. The number of nitrogens with zero attached hydrogens (tertiary/aromatic N) is 3. The quantitative estimate of drug-likeness (QED) is 0.209. The molecule has 45 heavy (non-hydrogen) atoms. The van der Waals surface area contributed by atoms with E-state index >= 15 is 0 Å². The minimum absolute atomic E-state index is 0.144. The van der Waals surface area contributed by atoms with Crippen molar-refractivity contribution in [2.75, 3.05) is 75.6 Å². The molecule has 1 aliphatic heterocycles. The Morgan fingerprint density at radius 2 is 1.36 bits per heavy atom. The first-order valence-corrected chi connectivity index (χ1v) is 15.5. The largest absolute Gasteiger partial charge is 0.495 e. The van der Waals surface area contributed by atoms with E-state index in [1.165, 1.54) is 0 Å². The maximum atomic E-state index is 13.8. The van der Waals surface area contributed by atoms with Crippen LogP contribution >= 0.6 is 0 Å². The van der Waals surface area contributed by atoms with Crippen molar-refractivity contribution in [3.63, 3.8) is 0 Å². The van der Waals surface area contributed by atoms with E-state index in [0.717, 1.165) is 67.4 Å². The fraction of sp³-hybridized carbons (Fsp3) is 0.297. The smallest absolute Gasteiger partial charge is 0.253 e. The maximum absolute atomic E-state index is 13.8. The molecule has 0 spiro atoms. The summed E-state index contributed by atoms with van der Waals surface area (Å²) in [5.41, 5.74) is 4.89. The van der Waals surface area contributed by atoms with Crippen molar-refractivity contribution in [2.24, 2.45) is 0 Å². The van der Waals surface area contributed by atoms with Crippen LogP contribution in [0.15, 0.2) is 103 Å². The van der Waals surface area contributed by atoms with Crippen molar-refractivity contribution in [3.05, 3.63) is 120 Å². The molecule has 1 saturated heterocycles. The van der Waals surface area contributed by atoms with Gasteiger partial charge in [-0.15, -0.1) is 0 Å². The third-order valence-corrected chi connectivity index (χ3v) is 8.15. The summed E-state index contributed by atoms with van der Waals surface area (Å²) < 4.78 is 5.59. The van der Waals surface area contributed by atoms with Crippen LogP contribution in [0, 0.1) is 0 Å². The van der Waals surface area contributed by atoms with Gasteiger partial charge >= 0.3 is 0 Å². The maximum Gasteiger partial charge on any atom is 0.253 e. The number of benzene rings is 4. The molecule has 234 valence electrons. The van der Waals surface area contributed by atoms with Gasteiger partial charge in [-0.05, 0) is 68.5 Å². The Morgan fingerprint density at radius 3 is 1.96 bits per heavy atom. The second-order valence-electron chi connectivity index (χ2n) is 11.5. The minimum Gasteiger partial charge on any atom is -0.495 e. The molecule has 0 radical (unpaired) electrons. The average molecular weight is 606 g/mol. The number of hydrogen-bond donors (Lipinski definition) is 2. The molecular formula is C37H43N5O3. The van der Waals surface area contributed by atoms with Gasteiger partial charge in [-0.3, -0.25) is 9.59 Å². The Bertz CT molecular complexity index is 1510. The summed E-state index contributed by atoms with van der Waals surface area (Å²) in [4.78, 5) is 34.2. The molecule has 4 aromatic rings. The lowest BCUT2D eigenvalue weighted by atomic mass is 9.90. The van der Waals surface area contributed by atoms with E-state index in [2.05, 4.69) is 31.4 Å². The average Bonchev–Trinajstić information content (AvgIpc) is 3.07. The Labute approximate surface area is 266 Å². The zero-order valence-electron chi connectivity index (χ0n) is 26.4. The van der Waals surface area contributed by atoms with Gasteiger partial charge < -0.3 is 30.1 Å². The van der Waals surface area contributed by atoms with Crippen LogP contribution in [0.5, 0.6) is 5.75 Å². The van der Waals surface area contributed by atoms with E-state index in [0.29, 0.717) is 17.8 Å². The van der Waals surface area contributed by atoms with Crippen molar-refractivity contribution in [2.45, 2.75) is 12.3 Å². The third-order valence-electron chi connectivity index (χ3n) is 8.15. The Morgan fingerprint density at radius 1 is 0.778 bits per heavy atom. The van der Waals surface area contributed by atoms with Gasteiger partial charge in [-0.1, -0.05) is 72.8 Å². The Kier molecular flexibility index (Phi) is 10.7. The highest BCUT2D eigenvalue weighted by Gasteiger charge is 2.26. The van der Waals surface area contributed by atoms with Crippen LogP contribution in [0.4, 0.5) is 17.1 Å². The number of hydrogen-bond acceptors (Lipinski definition) is 6. The Balaban J connectivity index is 1.38. The van der Waals surface area contributed by atoms with E-state index < -0.39 is 5.92 Å². The summed E-state index contributed by atoms with van der Waals surface area (Å²) in [5, 5.41) is 6.23. The van der Waals surface area contributed by atoms with Crippen molar-refractivity contribution < 1.29 is 14.3 Å². The fourth-order valence-corrected chi connectivity index (χ4v) is 5.84.